The molecule has 1 aliphatic carbocycles. The predicted molar refractivity (Wildman–Crippen MR) is 126 cm³/mol. The fourth-order valence-electron chi connectivity index (χ4n) is 4.97. The lowest BCUT2D eigenvalue weighted by molar-refractivity contribution is -0.519. The molecular formula is C24H34N3OSi+. The zero-order valence-corrected chi connectivity index (χ0v) is 19.4. The standard InChI is InChI=1S/C24H34N3OSi/c1-5-16-29(4)23-17-19(26(6-2)7-3)8-10-21(23)25-22-11-9-20(18-24(22)29)27-12-14-28-15-13-27/h8-11,17-18H,5-7,12-16H2,1-4H3/q+1. The molecule has 2 heterocycles. The number of fused-ring (bicyclic) bond motifs is 2. The summed E-state index contributed by atoms with van der Waals surface area (Å²) in [6, 6.07) is 8.22. The third-order valence-electron chi connectivity index (χ3n) is 6.64. The Balaban J connectivity index is 1.83. The van der Waals surface area contributed by atoms with E-state index in [4.69, 9.17) is 9.73 Å². The number of ether oxygens (including phenoxy) is 1. The van der Waals surface area contributed by atoms with E-state index in [1.54, 1.807) is 0 Å². The van der Waals surface area contributed by atoms with Crippen LogP contribution in [0.5, 0.6) is 0 Å². The summed E-state index contributed by atoms with van der Waals surface area (Å²) in [7, 11) is -1.85. The minimum atomic E-state index is -1.85. The van der Waals surface area contributed by atoms with Crippen LogP contribution in [0.4, 0.5) is 11.4 Å². The molecule has 5 heteroatoms. The van der Waals surface area contributed by atoms with Gasteiger partial charge >= 0.3 is 0 Å². The van der Waals surface area contributed by atoms with Crippen molar-refractivity contribution in [3.8, 4) is 0 Å². The van der Waals surface area contributed by atoms with Crippen LogP contribution in [0.2, 0.25) is 12.6 Å². The molecule has 2 aliphatic heterocycles. The second-order valence-electron chi connectivity index (χ2n) is 8.37. The molecule has 1 aromatic rings. The third-order valence-corrected chi connectivity index (χ3v) is 11.3. The van der Waals surface area contributed by atoms with Crippen molar-refractivity contribution in [3.63, 3.8) is 0 Å². The summed E-state index contributed by atoms with van der Waals surface area (Å²) >= 11 is 0. The van der Waals surface area contributed by atoms with E-state index in [1.807, 2.05) is 0 Å². The van der Waals surface area contributed by atoms with Crippen molar-refractivity contribution in [2.45, 2.75) is 39.8 Å². The molecule has 0 radical (unpaired) electrons. The average Bonchev–Trinajstić information content (AvgIpc) is 2.76. The minimum Gasteiger partial charge on any atom is -0.378 e. The van der Waals surface area contributed by atoms with E-state index in [0.717, 1.165) is 39.4 Å². The van der Waals surface area contributed by atoms with Crippen LogP contribution in [0.15, 0.2) is 46.6 Å². The topological polar surface area (TPSA) is 27.8 Å². The Kier molecular flexibility index (Phi) is 5.88. The molecule has 4 nitrogen and oxygen atoms in total. The fraction of sp³-hybridized carbons (Fsp3) is 0.500. The molecule has 0 N–H and O–H groups in total. The van der Waals surface area contributed by atoms with Gasteiger partial charge in [-0.1, -0.05) is 19.9 Å². The van der Waals surface area contributed by atoms with Crippen LogP contribution >= 0.6 is 0 Å². The molecule has 4 rings (SSSR count). The highest BCUT2D eigenvalue weighted by atomic mass is 28.3. The Morgan fingerprint density at radius 2 is 1.86 bits per heavy atom. The van der Waals surface area contributed by atoms with Crippen LogP contribution in [0.1, 0.15) is 27.2 Å². The molecule has 29 heavy (non-hydrogen) atoms. The zero-order valence-electron chi connectivity index (χ0n) is 18.4. The molecule has 1 saturated heterocycles. The Bertz CT molecular complexity index is 903. The van der Waals surface area contributed by atoms with Gasteiger partial charge in [-0.15, -0.1) is 0 Å². The highest BCUT2D eigenvalue weighted by Crippen LogP contribution is 2.35. The van der Waals surface area contributed by atoms with Crippen LogP contribution in [0.25, 0.3) is 0 Å². The number of morpholine rings is 1. The van der Waals surface area contributed by atoms with Crippen molar-refractivity contribution >= 4 is 36.1 Å². The largest absolute Gasteiger partial charge is 0.378 e. The van der Waals surface area contributed by atoms with Crippen LogP contribution in [0.3, 0.4) is 0 Å². The first kappa shape index (κ1) is 20.3. The quantitative estimate of drug-likeness (QED) is 0.421. The summed E-state index contributed by atoms with van der Waals surface area (Å²) in [6.07, 6.45) is 8.17. The van der Waals surface area contributed by atoms with Crippen LogP contribution in [-0.4, -0.2) is 63.5 Å². The van der Waals surface area contributed by atoms with E-state index in [0.29, 0.717) is 0 Å². The van der Waals surface area contributed by atoms with Gasteiger partial charge < -0.3 is 9.64 Å². The molecule has 0 bridgehead atoms. The highest BCUT2D eigenvalue weighted by Gasteiger charge is 2.41. The molecular weight excluding hydrogens is 374 g/mol. The molecule has 1 unspecified atom stereocenters. The first-order valence-corrected chi connectivity index (χ1v) is 13.9. The summed E-state index contributed by atoms with van der Waals surface area (Å²) < 4.78 is 8.01. The second kappa shape index (κ2) is 8.40. The summed E-state index contributed by atoms with van der Waals surface area (Å²) in [5.41, 5.74) is 5.05. The first-order chi connectivity index (χ1) is 14.1. The van der Waals surface area contributed by atoms with Gasteiger partial charge in [-0.05, 0) is 54.5 Å². The van der Waals surface area contributed by atoms with Gasteiger partial charge in [0.15, 0.2) is 5.71 Å². The van der Waals surface area contributed by atoms with E-state index in [-0.39, 0.29) is 0 Å². The van der Waals surface area contributed by atoms with Crippen molar-refractivity contribution in [2.24, 2.45) is 4.99 Å². The van der Waals surface area contributed by atoms with E-state index in [1.165, 1.54) is 45.6 Å². The number of hydrogen-bond acceptors (Lipinski definition) is 3. The molecule has 0 saturated carbocycles. The molecule has 0 spiro atoms. The average molecular weight is 409 g/mol. The maximum Gasteiger partial charge on any atom is 0.199 e. The molecule has 0 amide bonds. The summed E-state index contributed by atoms with van der Waals surface area (Å²) in [5, 5.41) is 3.02. The number of aliphatic imine (C=N–C) groups is 1. The molecule has 154 valence electrons. The Morgan fingerprint density at radius 1 is 1.10 bits per heavy atom. The number of anilines is 1. The van der Waals surface area contributed by atoms with Gasteiger partial charge in [0, 0.05) is 30.9 Å². The van der Waals surface area contributed by atoms with Crippen LogP contribution in [-0.2, 0) is 4.74 Å². The first-order valence-electron chi connectivity index (χ1n) is 11.2. The van der Waals surface area contributed by atoms with Crippen LogP contribution in [0, 0.1) is 0 Å². The molecule has 1 fully saturated rings. The number of hydrogen-bond donors (Lipinski definition) is 0. The second-order valence-corrected chi connectivity index (χ2v) is 12.6. The maximum atomic E-state index is 5.56. The lowest BCUT2D eigenvalue weighted by atomic mass is 10.1. The van der Waals surface area contributed by atoms with Gasteiger partial charge in [0.25, 0.3) is 0 Å². The lowest BCUT2D eigenvalue weighted by Gasteiger charge is -2.37. The van der Waals surface area contributed by atoms with Gasteiger partial charge in [0.2, 0.25) is 0 Å². The van der Waals surface area contributed by atoms with Crippen LogP contribution < -0.4 is 10.1 Å². The number of allylic oxidation sites excluding steroid dienone is 4. The van der Waals surface area contributed by atoms with Gasteiger partial charge in [-0.2, -0.15) is 0 Å². The van der Waals surface area contributed by atoms with Crippen molar-refractivity contribution in [3.05, 3.63) is 41.6 Å². The van der Waals surface area contributed by atoms with Gasteiger partial charge in [0.05, 0.1) is 24.6 Å². The number of nitrogens with zero attached hydrogens (tertiary/aromatic N) is 3. The summed E-state index contributed by atoms with van der Waals surface area (Å²) in [5.74, 6) is 0. The van der Waals surface area contributed by atoms with Crippen molar-refractivity contribution in [1.29, 1.82) is 0 Å². The summed E-state index contributed by atoms with van der Waals surface area (Å²) in [4.78, 5) is 7.56. The fourth-order valence-corrected chi connectivity index (χ4v) is 9.15. The van der Waals surface area contributed by atoms with E-state index < -0.39 is 8.07 Å². The van der Waals surface area contributed by atoms with Gasteiger partial charge in [-0.25, -0.2) is 9.57 Å². The molecule has 1 atom stereocenters. The van der Waals surface area contributed by atoms with Gasteiger partial charge in [0.1, 0.15) is 21.2 Å². The normalized spacial score (nSPS) is 23.3. The summed E-state index contributed by atoms with van der Waals surface area (Å²) in [6.45, 7) is 15.0. The SMILES string of the molecule is CCC[Si]1(C)C2=CC(=[N+](CC)CC)C=CC2=Nc2ccc(N3CCOCC3)cc21. The minimum absolute atomic E-state index is 0.821. The third kappa shape index (κ3) is 3.66. The zero-order chi connectivity index (χ0) is 20.4. The molecule has 1 aromatic carbocycles. The number of rotatable bonds is 5. The Hall–Kier alpha value is -1.98. The Morgan fingerprint density at radius 3 is 2.55 bits per heavy atom. The van der Waals surface area contributed by atoms with E-state index in [9.17, 15) is 0 Å². The van der Waals surface area contributed by atoms with Crippen molar-refractivity contribution < 1.29 is 9.31 Å². The highest BCUT2D eigenvalue weighted by molar-refractivity contribution is 7.02. The lowest BCUT2D eigenvalue weighted by Crippen LogP contribution is -2.52. The monoisotopic (exact) mass is 408 g/mol. The molecule has 3 aliphatic rings. The van der Waals surface area contributed by atoms with Crippen molar-refractivity contribution in [2.75, 3.05) is 44.3 Å². The maximum absolute atomic E-state index is 5.56. The smallest absolute Gasteiger partial charge is 0.199 e. The van der Waals surface area contributed by atoms with Gasteiger partial charge in [-0.3, -0.25) is 0 Å². The number of benzene rings is 1. The Labute approximate surface area is 176 Å². The van der Waals surface area contributed by atoms with E-state index in [2.05, 4.69) is 73.2 Å². The van der Waals surface area contributed by atoms with E-state index >= 15 is 0 Å². The molecule has 0 aromatic heterocycles. The predicted octanol–water partition coefficient (Wildman–Crippen LogP) is 3.83. The van der Waals surface area contributed by atoms with Crippen molar-refractivity contribution in [1.82, 2.24) is 0 Å².